The first-order valence-corrected chi connectivity index (χ1v) is 5.70. The second kappa shape index (κ2) is 14.9. The van der Waals surface area contributed by atoms with Gasteiger partial charge in [-0.25, -0.2) is 0 Å². The minimum atomic E-state index is -0.870. The highest BCUT2D eigenvalue weighted by Gasteiger charge is 1.99. The van der Waals surface area contributed by atoms with Gasteiger partial charge in [0.15, 0.2) is 0 Å². The van der Waals surface area contributed by atoms with Crippen molar-refractivity contribution >= 4 is 11.9 Å². The van der Waals surface area contributed by atoms with Gasteiger partial charge < -0.3 is 20.4 Å². The number of carboxylic acids is 2. The van der Waals surface area contributed by atoms with Crippen LogP contribution in [0.1, 0.15) is 44.9 Å². The maximum atomic E-state index is 9.90. The summed E-state index contributed by atoms with van der Waals surface area (Å²) in [5.41, 5.74) is 0. The second-order valence-corrected chi connectivity index (χ2v) is 3.50. The van der Waals surface area contributed by atoms with Crippen LogP contribution in [0.25, 0.3) is 0 Å². The number of aliphatic hydroxyl groups is 2. The van der Waals surface area contributed by atoms with Gasteiger partial charge in [-0.05, 0) is 32.1 Å². The standard InChI is InChI=1S/C6H10O4.C5H12O2/c7-5(8)3-1-2-4-6(9)10;6-4-2-1-3-5-7/h1-4H2,(H,7,8)(H,9,10);6-7H,1-5H2. The van der Waals surface area contributed by atoms with Crippen LogP contribution in [0, 0.1) is 0 Å². The lowest BCUT2D eigenvalue weighted by atomic mass is 10.2. The summed E-state index contributed by atoms with van der Waals surface area (Å²) in [6.45, 7) is 0.500. The fourth-order valence-corrected chi connectivity index (χ4v) is 0.953. The van der Waals surface area contributed by atoms with Crippen molar-refractivity contribution in [1.82, 2.24) is 0 Å². The van der Waals surface area contributed by atoms with Gasteiger partial charge in [0.1, 0.15) is 0 Å². The lowest BCUT2D eigenvalue weighted by Gasteiger charge is -1.92. The molecule has 6 heteroatoms. The van der Waals surface area contributed by atoms with Crippen molar-refractivity contribution in [3.05, 3.63) is 0 Å². The highest BCUT2D eigenvalue weighted by Crippen LogP contribution is 1.98. The average molecular weight is 250 g/mol. The van der Waals surface area contributed by atoms with E-state index in [1.807, 2.05) is 0 Å². The summed E-state index contributed by atoms with van der Waals surface area (Å²) in [4.78, 5) is 19.8. The zero-order valence-corrected chi connectivity index (χ0v) is 9.97. The van der Waals surface area contributed by atoms with Gasteiger partial charge in [0.05, 0.1) is 0 Å². The van der Waals surface area contributed by atoms with Gasteiger partial charge in [0.25, 0.3) is 0 Å². The van der Waals surface area contributed by atoms with Crippen LogP contribution in [0.3, 0.4) is 0 Å². The largest absolute Gasteiger partial charge is 0.481 e. The summed E-state index contributed by atoms with van der Waals surface area (Å²) in [5.74, 6) is -1.74. The Morgan fingerprint density at radius 2 is 1.00 bits per heavy atom. The highest BCUT2D eigenvalue weighted by molar-refractivity contribution is 5.67. The van der Waals surface area contributed by atoms with Crippen LogP contribution in [-0.2, 0) is 9.59 Å². The van der Waals surface area contributed by atoms with E-state index in [4.69, 9.17) is 20.4 Å². The van der Waals surface area contributed by atoms with Crippen molar-refractivity contribution in [2.75, 3.05) is 13.2 Å². The fraction of sp³-hybridized carbons (Fsp3) is 0.818. The number of carboxylic acid groups (broad SMARTS) is 2. The normalized spacial score (nSPS) is 9.29. The minimum absolute atomic E-state index is 0.0628. The number of aliphatic carboxylic acids is 2. The summed E-state index contributed by atoms with van der Waals surface area (Å²) in [7, 11) is 0. The SMILES string of the molecule is O=C(O)CCCCC(=O)O.OCCCCCO. The maximum absolute atomic E-state index is 9.90. The summed E-state index contributed by atoms with van der Waals surface area (Å²) in [6, 6.07) is 0. The van der Waals surface area contributed by atoms with Gasteiger partial charge in [0.2, 0.25) is 0 Å². The van der Waals surface area contributed by atoms with Crippen LogP contribution in [0.15, 0.2) is 0 Å². The fourth-order valence-electron chi connectivity index (χ4n) is 0.953. The number of unbranched alkanes of at least 4 members (excludes halogenated alkanes) is 3. The molecule has 0 spiro atoms. The molecule has 0 radical (unpaired) electrons. The second-order valence-electron chi connectivity index (χ2n) is 3.50. The van der Waals surface area contributed by atoms with Gasteiger partial charge in [-0.3, -0.25) is 9.59 Å². The Morgan fingerprint density at radius 3 is 1.24 bits per heavy atom. The maximum Gasteiger partial charge on any atom is 0.303 e. The summed E-state index contributed by atoms with van der Waals surface area (Å²) >= 11 is 0. The Hall–Kier alpha value is -1.14. The number of carbonyl (C=O) groups is 2. The van der Waals surface area contributed by atoms with Crippen molar-refractivity contribution in [3.8, 4) is 0 Å². The number of hydrogen-bond donors (Lipinski definition) is 4. The van der Waals surface area contributed by atoms with Crippen LogP contribution in [0.5, 0.6) is 0 Å². The van der Waals surface area contributed by atoms with E-state index in [0.717, 1.165) is 19.3 Å². The first-order chi connectivity index (χ1) is 8.04. The molecule has 0 aromatic heterocycles. The van der Waals surface area contributed by atoms with E-state index in [1.54, 1.807) is 0 Å². The van der Waals surface area contributed by atoms with Crippen molar-refractivity contribution in [1.29, 1.82) is 0 Å². The summed E-state index contributed by atoms with van der Waals surface area (Å²) < 4.78 is 0. The van der Waals surface area contributed by atoms with Crippen LogP contribution >= 0.6 is 0 Å². The van der Waals surface area contributed by atoms with E-state index in [9.17, 15) is 9.59 Å². The topological polar surface area (TPSA) is 115 Å². The Morgan fingerprint density at radius 1 is 0.647 bits per heavy atom. The lowest BCUT2D eigenvalue weighted by molar-refractivity contribution is -0.139. The molecule has 0 aliphatic rings. The molecule has 0 amide bonds. The molecule has 17 heavy (non-hydrogen) atoms. The molecular weight excluding hydrogens is 228 g/mol. The van der Waals surface area contributed by atoms with Crippen molar-refractivity contribution in [2.45, 2.75) is 44.9 Å². The van der Waals surface area contributed by atoms with Crippen LogP contribution in [-0.4, -0.2) is 45.6 Å². The Kier molecular flexibility index (Phi) is 15.9. The summed E-state index contributed by atoms with van der Waals surface area (Å²) in [5, 5.41) is 32.7. The molecule has 0 saturated carbocycles. The molecule has 0 atom stereocenters. The molecule has 0 rings (SSSR count). The van der Waals surface area contributed by atoms with Crippen molar-refractivity contribution in [3.63, 3.8) is 0 Å². The Labute approximate surface area is 101 Å². The Bertz CT molecular complexity index is 172. The van der Waals surface area contributed by atoms with Crippen LogP contribution in [0.4, 0.5) is 0 Å². The van der Waals surface area contributed by atoms with E-state index in [1.165, 1.54) is 0 Å². The smallest absolute Gasteiger partial charge is 0.303 e. The number of rotatable bonds is 9. The van der Waals surface area contributed by atoms with E-state index in [-0.39, 0.29) is 26.1 Å². The van der Waals surface area contributed by atoms with Crippen molar-refractivity contribution in [2.24, 2.45) is 0 Å². The third-order valence-electron chi connectivity index (χ3n) is 1.85. The third-order valence-corrected chi connectivity index (χ3v) is 1.85. The van der Waals surface area contributed by atoms with Gasteiger partial charge in [0, 0.05) is 26.1 Å². The van der Waals surface area contributed by atoms with E-state index in [0.29, 0.717) is 12.8 Å². The zero-order chi connectivity index (χ0) is 13.5. The molecule has 0 aromatic carbocycles. The molecule has 0 aliphatic carbocycles. The molecule has 0 unspecified atom stereocenters. The predicted octanol–water partition coefficient (Wildman–Crippen LogP) is 0.857. The Balaban J connectivity index is 0. The quantitative estimate of drug-likeness (QED) is 0.451. The van der Waals surface area contributed by atoms with E-state index >= 15 is 0 Å². The summed E-state index contributed by atoms with van der Waals surface area (Å²) in [6.07, 6.45) is 3.60. The van der Waals surface area contributed by atoms with Gasteiger partial charge >= 0.3 is 11.9 Å². The number of aliphatic hydroxyl groups excluding tert-OH is 2. The molecule has 6 nitrogen and oxygen atoms in total. The van der Waals surface area contributed by atoms with Gasteiger partial charge in [-0.2, -0.15) is 0 Å². The lowest BCUT2D eigenvalue weighted by Crippen LogP contribution is -1.97. The van der Waals surface area contributed by atoms with Crippen LogP contribution < -0.4 is 0 Å². The molecule has 0 heterocycles. The first-order valence-electron chi connectivity index (χ1n) is 5.70. The van der Waals surface area contributed by atoms with Gasteiger partial charge in [-0.1, -0.05) is 0 Å². The zero-order valence-electron chi connectivity index (χ0n) is 9.97. The monoisotopic (exact) mass is 250 g/mol. The average Bonchev–Trinajstić information content (AvgIpc) is 2.26. The van der Waals surface area contributed by atoms with E-state index < -0.39 is 11.9 Å². The highest BCUT2D eigenvalue weighted by atomic mass is 16.4. The molecule has 0 aromatic rings. The molecular formula is C11H22O6. The number of hydrogen-bond acceptors (Lipinski definition) is 4. The van der Waals surface area contributed by atoms with E-state index in [2.05, 4.69) is 0 Å². The molecule has 0 bridgehead atoms. The molecule has 102 valence electrons. The molecule has 0 aliphatic heterocycles. The van der Waals surface area contributed by atoms with Crippen LogP contribution in [0.2, 0.25) is 0 Å². The third kappa shape index (κ3) is 25.3. The van der Waals surface area contributed by atoms with Gasteiger partial charge in [-0.15, -0.1) is 0 Å². The predicted molar refractivity (Wildman–Crippen MR) is 61.8 cm³/mol. The van der Waals surface area contributed by atoms with Crippen molar-refractivity contribution < 1.29 is 30.0 Å². The molecule has 4 N–H and O–H groups in total. The first kappa shape index (κ1) is 18.2. The molecule has 0 fully saturated rings. The molecule has 0 saturated heterocycles. The minimum Gasteiger partial charge on any atom is -0.481 e.